The van der Waals surface area contributed by atoms with Crippen LogP contribution in [0.1, 0.15) is 19.4 Å². The standard InChI is InChI=1S/C20H22BrNO2/c1-20(2)11-14(12-21)15-10-13(8-9-16(15)22-20)19-17(23-3)6-5-7-18(19)24-4/h5-11,22H,12H2,1-4H3. The number of alkyl halides is 1. The molecule has 0 amide bonds. The number of ether oxygens (including phenoxy) is 2. The highest BCUT2D eigenvalue weighted by atomic mass is 79.9. The molecule has 24 heavy (non-hydrogen) atoms. The maximum atomic E-state index is 5.55. The number of benzene rings is 2. The van der Waals surface area contributed by atoms with E-state index in [4.69, 9.17) is 9.47 Å². The second kappa shape index (κ2) is 6.52. The Morgan fingerprint density at radius 1 is 1.04 bits per heavy atom. The number of allylic oxidation sites excluding steroid dienone is 1. The van der Waals surface area contributed by atoms with Gasteiger partial charge in [-0.25, -0.2) is 0 Å². The Labute approximate surface area is 151 Å². The van der Waals surface area contributed by atoms with Crippen LogP contribution >= 0.6 is 15.9 Å². The topological polar surface area (TPSA) is 30.5 Å². The number of nitrogens with one attached hydrogen (secondary N) is 1. The van der Waals surface area contributed by atoms with E-state index in [1.165, 1.54) is 11.1 Å². The van der Waals surface area contributed by atoms with Gasteiger partial charge in [0.2, 0.25) is 0 Å². The van der Waals surface area contributed by atoms with Gasteiger partial charge in [-0.2, -0.15) is 0 Å². The lowest BCUT2D eigenvalue weighted by Crippen LogP contribution is -2.31. The molecule has 0 unspecified atom stereocenters. The maximum absolute atomic E-state index is 5.55. The van der Waals surface area contributed by atoms with E-state index in [2.05, 4.69) is 59.4 Å². The van der Waals surface area contributed by atoms with E-state index in [9.17, 15) is 0 Å². The van der Waals surface area contributed by atoms with E-state index >= 15 is 0 Å². The molecule has 0 saturated carbocycles. The molecule has 126 valence electrons. The van der Waals surface area contributed by atoms with E-state index in [1.54, 1.807) is 14.2 Å². The lowest BCUT2D eigenvalue weighted by molar-refractivity contribution is 0.397. The molecule has 1 N–H and O–H groups in total. The second-order valence-electron chi connectivity index (χ2n) is 6.45. The van der Waals surface area contributed by atoms with Gasteiger partial charge in [-0.1, -0.05) is 34.1 Å². The minimum absolute atomic E-state index is 0.0558. The predicted octanol–water partition coefficient (Wildman–Crippen LogP) is 5.35. The summed E-state index contributed by atoms with van der Waals surface area (Å²) < 4.78 is 11.1. The van der Waals surface area contributed by atoms with E-state index in [0.29, 0.717) is 0 Å². The molecular weight excluding hydrogens is 366 g/mol. The zero-order chi connectivity index (χ0) is 17.3. The number of rotatable bonds is 4. The third kappa shape index (κ3) is 3.03. The molecule has 0 saturated heterocycles. The molecule has 0 aromatic heterocycles. The van der Waals surface area contributed by atoms with Gasteiger partial charge in [0, 0.05) is 16.6 Å². The molecule has 0 fully saturated rings. The Morgan fingerprint density at radius 2 is 1.71 bits per heavy atom. The van der Waals surface area contributed by atoms with E-state index in [0.717, 1.165) is 33.6 Å². The highest BCUT2D eigenvalue weighted by Crippen LogP contribution is 2.42. The van der Waals surface area contributed by atoms with Gasteiger partial charge < -0.3 is 14.8 Å². The number of methoxy groups -OCH3 is 2. The Morgan fingerprint density at radius 3 is 2.29 bits per heavy atom. The van der Waals surface area contributed by atoms with Crippen LogP contribution in [0, 0.1) is 0 Å². The van der Waals surface area contributed by atoms with Crippen molar-refractivity contribution >= 4 is 27.2 Å². The maximum Gasteiger partial charge on any atom is 0.130 e. The van der Waals surface area contributed by atoms with Crippen LogP contribution in [0.15, 0.2) is 42.5 Å². The van der Waals surface area contributed by atoms with Crippen LogP contribution in [0.25, 0.3) is 16.7 Å². The van der Waals surface area contributed by atoms with Crippen molar-refractivity contribution in [3.63, 3.8) is 0 Å². The summed E-state index contributed by atoms with van der Waals surface area (Å²) in [5.74, 6) is 1.62. The Kier molecular flexibility index (Phi) is 4.59. The first-order chi connectivity index (χ1) is 11.5. The van der Waals surface area contributed by atoms with E-state index in [1.807, 2.05) is 18.2 Å². The molecule has 0 spiro atoms. The van der Waals surface area contributed by atoms with Gasteiger partial charge in [0.05, 0.1) is 25.3 Å². The number of hydrogen-bond donors (Lipinski definition) is 1. The quantitative estimate of drug-likeness (QED) is 0.716. The molecule has 4 heteroatoms. The third-order valence-electron chi connectivity index (χ3n) is 4.22. The first-order valence-electron chi connectivity index (χ1n) is 7.90. The van der Waals surface area contributed by atoms with Crippen LogP contribution < -0.4 is 14.8 Å². The largest absolute Gasteiger partial charge is 0.496 e. The summed E-state index contributed by atoms with van der Waals surface area (Å²) in [6.45, 7) is 4.35. The monoisotopic (exact) mass is 387 g/mol. The summed E-state index contributed by atoms with van der Waals surface area (Å²) in [5.41, 5.74) is 5.64. The van der Waals surface area contributed by atoms with Crippen LogP contribution in [0.4, 0.5) is 5.69 Å². The summed E-state index contributed by atoms with van der Waals surface area (Å²) >= 11 is 3.62. The zero-order valence-corrected chi connectivity index (χ0v) is 16.0. The molecule has 0 aliphatic carbocycles. The molecule has 2 aromatic rings. The second-order valence-corrected chi connectivity index (χ2v) is 7.01. The fourth-order valence-electron chi connectivity index (χ4n) is 3.22. The van der Waals surface area contributed by atoms with E-state index in [-0.39, 0.29) is 5.54 Å². The number of fused-ring (bicyclic) bond motifs is 1. The Bertz CT molecular complexity index is 774. The number of anilines is 1. The highest BCUT2D eigenvalue weighted by molar-refractivity contribution is 9.09. The van der Waals surface area contributed by atoms with Gasteiger partial charge in [-0.3, -0.25) is 0 Å². The van der Waals surface area contributed by atoms with Crippen molar-refractivity contribution in [1.82, 2.24) is 0 Å². The van der Waals surface area contributed by atoms with Crippen LogP contribution in [0.5, 0.6) is 11.5 Å². The van der Waals surface area contributed by atoms with Gasteiger partial charge in [0.1, 0.15) is 11.5 Å². The zero-order valence-electron chi connectivity index (χ0n) is 14.4. The van der Waals surface area contributed by atoms with Crippen molar-refractivity contribution < 1.29 is 9.47 Å². The fourth-order valence-corrected chi connectivity index (χ4v) is 3.68. The molecule has 0 atom stereocenters. The lowest BCUT2D eigenvalue weighted by Gasteiger charge is -2.32. The van der Waals surface area contributed by atoms with Crippen molar-refractivity contribution in [2.45, 2.75) is 19.4 Å². The van der Waals surface area contributed by atoms with E-state index < -0.39 is 0 Å². The summed E-state index contributed by atoms with van der Waals surface area (Å²) in [7, 11) is 3.37. The van der Waals surface area contributed by atoms with Gasteiger partial charge in [-0.15, -0.1) is 0 Å². The predicted molar refractivity (Wildman–Crippen MR) is 104 cm³/mol. The smallest absolute Gasteiger partial charge is 0.130 e. The van der Waals surface area contributed by atoms with Crippen LogP contribution in [0.3, 0.4) is 0 Å². The molecule has 1 aliphatic rings. The normalized spacial score (nSPS) is 15.1. The average molecular weight is 388 g/mol. The third-order valence-corrected chi connectivity index (χ3v) is 4.82. The summed E-state index contributed by atoms with van der Waals surface area (Å²) in [5, 5.41) is 4.39. The molecule has 1 heterocycles. The fraction of sp³-hybridized carbons (Fsp3) is 0.300. The van der Waals surface area contributed by atoms with Crippen molar-refractivity contribution in [2.24, 2.45) is 0 Å². The van der Waals surface area contributed by atoms with Crippen molar-refractivity contribution in [3.8, 4) is 22.6 Å². The van der Waals surface area contributed by atoms with Crippen molar-refractivity contribution in [1.29, 1.82) is 0 Å². The average Bonchev–Trinajstić information content (AvgIpc) is 2.59. The van der Waals surface area contributed by atoms with Gasteiger partial charge >= 0.3 is 0 Å². The van der Waals surface area contributed by atoms with Crippen LogP contribution in [-0.4, -0.2) is 25.1 Å². The van der Waals surface area contributed by atoms with Crippen LogP contribution in [0.2, 0.25) is 0 Å². The molecule has 0 bridgehead atoms. The first kappa shape index (κ1) is 16.9. The Hall–Kier alpha value is -1.94. The highest BCUT2D eigenvalue weighted by Gasteiger charge is 2.24. The molecule has 3 rings (SSSR count). The SMILES string of the molecule is COc1cccc(OC)c1-c1ccc2c(c1)C(CBr)=CC(C)(C)N2. The molecule has 3 nitrogen and oxygen atoms in total. The first-order valence-corrected chi connectivity index (χ1v) is 9.03. The minimum atomic E-state index is -0.0558. The lowest BCUT2D eigenvalue weighted by atomic mass is 9.89. The Balaban J connectivity index is 2.17. The summed E-state index contributed by atoms with van der Waals surface area (Å²) in [6.07, 6.45) is 2.27. The minimum Gasteiger partial charge on any atom is -0.496 e. The van der Waals surface area contributed by atoms with Gasteiger partial charge in [-0.05, 0) is 49.2 Å². The molecule has 1 aliphatic heterocycles. The van der Waals surface area contributed by atoms with Gasteiger partial charge in [0.15, 0.2) is 0 Å². The number of halogens is 1. The van der Waals surface area contributed by atoms with Crippen LogP contribution in [-0.2, 0) is 0 Å². The summed E-state index contributed by atoms with van der Waals surface area (Å²) in [4.78, 5) is 0. The van der Waals surface area contributed by atoms with Crippen molar-refractivity contribution in [2.75, 3.05) is 24.9 Å². The summed E-state index contributed by atoms with van der Waals surface area (Å²) in [6, 6.07) is 12.3. The number of hydrogen-bond acceptors (Lipinski definition) is 3. The molecule has 0 radical (unpaired) electrons. The van der Waals surface area contributed by atoms with Gasteiger partial charge in [0.25, 0.3) is 0 Å². The molecule has 2 aromatic carbocycles. The molecular formula is C20H22BrNO2. The van der Waals surface area contributed by atoms with Crippen molar-refractivity contribution in [3.05, 3.63) is 48.0 Å².